The number of ether oxygens (including phenoxy) is 2. The monoisotopic (exact) mass is 402 g/mol. The highest BCUT2D eigenvalue weighted by atomic mass is 35.5. The average molecular weight is 403 g/mol. The molecule has 0 saturated heterocycles. The van der Waals surface area contributed by atoms with Gasteiger partial charge in [-0.1, -0.05) is 17.7 Å². The van der Waals surface area contributed by atoms with Crippen molar-refractivity contribution in [2.75, 3.05) is 20.2 Å². The lowest BCUT2D eigenvalue weighted by Gasteiger charge is -2.18. The smallest absolute Gasteiger partial charge is 0.253 e. The third kappa shape index (κ3) is 5.70. The van der Waals surface area contributed by atoms with Crippen LogP contribution in [-0.2, 0) is 6.61 Å². The second-order valence-electron chi connectivity index (χ2n) is 5.83. The van der Waals surface area contributed by atoms with Crippen LogP contribution in [0.3, 0.4) is 0 Å². The number of carbonyl (C=O) groups excluding carboxylic acids is 1. The molecule has 140 valence electrons. The van der Waals surface area contributed by atoms with Crippen molar-refractivity contribution in [2.45, 2.75) is 6.61 Å². The lowest BCUT2D eigenvalue weighted by Crippen LogP contribution is -2.30. The SMILES string of the molecule is CN(CCOc1cccc(Cl)c1)C(=O)c1ccc(OCc2cscn2)cc1. The van der Waals surface area contributed by atoms with Gasteiger partial charge in [-0.2, -0.15) is 0 Å². The summed E-state index contributed by atoms with van der Waals surface area (Å²) in [5.74, 6) is 1.31. The van der Waals surface area contributed by atoms with E-state index in [0.29, 0.717) is 41.8 Å². The molecule has 1 amide bonds. The van der Waals surface area contributed by atoms with Crippen molar-refractivity contribution in [1.82, 2.24) is 9.88 Å². The van der Waals surface area contributed by atoms with Crippen LogP contribution in [-0.4, -0.2) is 36.0 Å². The second-order valence-corrected chi connectivity index (χ2v) is 6.98. The van der Waals surface area contributed by atoms with E-state index in [9.17, 15) is 4.79 Å². The Balaban J connectivity index is 1.47. The van der Waals surface area contributed by atoms with Crippen LogP contribution in [0.4, 0.5) is 0 Å². The summed E-state index contributed by atoms with van der Waals surface area (Å²) in [6.45, 7) is 1.27. The Kier molecular flexibility index (Phi) is 6.68. The van der Waals surface area contributed by atoms with E-state index in [0.717, 1.165) is 5.69 Å². The van der Waals surface area contributed by atoms with E-state index in [4.69, 9.17) is 21.1 Å². The summed E-state index contributed by atoms with van der Waals surface area (Å²) in [6.07, 6.45) is 0. The molecule has 0 aliphatic rings. The fraction of sp³-hybridized carbons (Fsp3) is 0.200. The van der Waals surface area contributed by atoms with Gasteiger partial charge in [0, 0.05) is 23.0 Å². The molecule has 0 unspecified atom stereocenters. The van der Waals surface area contributed by atoms with Crippen LogP contribution in [0.25, 0.3) is 0 Å². The summed E-state index contributed by atoms with van der Waals surface area (Å²) in [7, 11) is 1.75. The van der Waals surface area contributed by atoms with Crippen LogP contribution in [0, 0.1) is 0 Å². The van der Waals surface area contributed by atoms with E-state index >= 15 is 0 Å². The molecule has 2 aromatic carbocycles. The maximum Gasteiger partial charge on any atom is 0.253 e. The molecule has 0 aliphatic carbocycles. The number of likely N-dealkylation sites (N-methyl/N-ethyl adjacent to an activating group) is 1. The molecule has 1 aromatic heterocycles. The van der Waals surface area contributed by atoms with Crippen molar-refractivity contribution >= 4 is 28.8 Å². The summed E-state index contributed by atoms with van der Waals surface area (Å²) in [6, 6.07) is 14.3. The normalized spacial score (nSPS) is 10.4. The first-order valence-electron chi connectivity index (χ1n) is 8.35. The minimum atomic E-state index is -0.0734. The fourth-order valence-corrected chi connectivity index (χ4v) is 3.06. The Hall–Kier alpha value is -2.57. The van der Waals surface area contributed by atoms with Crippen molar-refractivity contribution in [3.05, 3.63) is 75.7 Å². The largest absolute Gasteiger partial charge is 0.492 e. The molecule has 3 rings (SSSR count). The van der Waals surface area contributed by atoms with Gasteiger partial charge in [0.15, 0.2) is 0 Å². The standard InChI is InChI=1S/C20H19ClN2O3S/c1-23(9-10-25-19-4-2-3-16(21)11-19)20(24)15-5-7-18(8-6-15)26-12-17-13-27-14-22-17/h2-8,11,13-14H,9-10,12H2,1H3. The van der Waals surface area contributed by atoms with E-state index in [1.165, 1.54) is 11.3 Å². The number of aromatic nitrogens is 1. The van der Waals surface area contributed by atoms with Crippen molar-refractivity contribution in [1.29, 1.82) is 0 Å². The molecule has 3 aromatic rings. The third-order valence-corrected chi connectivity index (χ3v) is 4.68. The number of amides is 1. The molecule has 7 heteroatoms. The van der Waals surface area contributed by atoms with E-state index in [2.05, 4.69) is 4.98 Å². The number of benzene rings is 2. The highest BCUT2D eigenvalue weighted by molar-refractivity contribution is 7.07. The molecular weight excluding hydrogens is 384 g/mol. The first kappa shape index (κ1) is 19.2. The van der Waals surface area contributed by atoms with Gasteiger partial charge in [-0.25, -0.2) is 4.98 Å². The number of carbonyl (C=O) groups is 1. The van der Waals surface area contributed by atoms with Gasteiger partial charge < -0.3 is 14.4 Å². The molecule has 0 bridgehead atoms. The van der Waals surface area contributed by atoms with Crippen LogP contribution in [0.1, 0.15) is 16.1 Å². The quantitative estimate of drug-likeness (QED) is 0.555. The first-order chi connectivity index (χ1) is 13.1. The van der Waals surface area contributed by atoms with E-state index in [1.54, 1.807) is 53.9 Å². The molecule has 27 heavy (non-hydrogen) atoms. The van der Waals surface area contributed by atoms with Gasteiger partial charge in [0.2, 0.25) is 0 Å². The number of rotatable bonds is 8. The number of hydrogen-bond acceptors (Lipinski definition) is 5. The van der Waals surface area contributed by atoms with Gasteiger partial charge in [0.25, 0.3) is 5.91 Å². The molecule has 1 heterocycles. The molecule has 0 saturated carbocycles. The van der Waals surface area contributed by atoms with Gasteiger partial charge >= 0.3 is 0 Å². The van der Waals surface area contributed by atoms with Gasteiger partial charge in [0.1, 0.15) is 24.7 Å². The Morgan fingerprint density at radius 3 is 2.67 bits per heavy atom. The number of nitrogens with zero attached hydrogens (tertiary/aromatic N) is 2. The second kappa shape index (κ2) is 9.39. The molecule has 0 fully saturated rings. The lowest BCUT2D eigenvalue weighted by molar-refractivity contribution is 0.0773. The van der Waals surface area contributed by atoms with Gasteiger partial charge in [-0.05, 0) is 42.5 Å². The Bertz CT molecular complexity index is 869. The zero-order valence-corrected chi connectivity index (χ0v) is 16.4. The summed E-state index contributed by atoms with van der Waals surface area (Å²) < 4.78 is 11.3. The summed E-state index contributed by atoms with van der Waals surface area (Å²) in [4.78, 5) is 18.3. The Labute approximate surface area is 167 Å². The summed E-state index contributed by atoms with van der Waals surface area (Å²) >= 11 is 7.46. The average Bonchev–Trinajstić information content (AvgIpc) is 3.20. The van der Waals surface area contributed by atoms with Crippen LogP contribution in [0.2, 0.25) is 5.02 Å². The van der Waals surface area contributed by atoms with Crippen molar-refractivity contribution < 1.29 is 14.3 Å². The van der Waals surface area contributed by atoms with Gasteiger partial charge in [-0.3, -0.25) is 4.79 Å². The van der Waals surface area contributed by atoms with Crippen LogP contribution in [0.15, 0.2) is 59.4 Å². The molecule has 0 N–H and O–H groups in total. The number of thiazole rings is 1. The van der Waals surface area contributed by atoms with Crippen LogP contribution in [0.5, 0.6) is 11.5 Å². The predicted molar refractivity (Wildman–Crippen MR) is 107 cm³/mol. The highest BCUT2D eigenvalue weighted by Crippen LogP contribution is 2.18. The zero-order chi connectivity index (χ0) is 19.1. The molecule has 5 nitrogen and oxygen atoms in total. The summed E-state index contributed by atoms with van der Waals surface area (Å²) in [5, 5.41) is 2.56. The maximum atomic E-state index is 12.5. The minimum absolute atomic E-state index is 0.0734. The molecule has 0 radical (unpaired) electrons. The van der Waals surface area contributed by atoms with Crippen LogP contribution < -0.4 is 9.47 Å². The van der Waals surface area contributed by atoms with Crippen molar-refractivity contribution in [3.8, 4) is 11.5 Å². The van der Waals surface area contributed by atoms with Gasteiger partial charge in [-0.15, -0.1) is 11.3 Å². The topological polar surface area (TPSA) is 51.7 Å². The Morgan fingerprint density at radius 2 is 1.96 bits per heavy atom. The number of hydrogen-bond donors (Lipinski definition) is 0. The van der Waals surface area contributed by atoms with E-state index in [1.807, 2.05) is 17.5 Å². The molecule has 0 atom stereocenters. The predicted octanol–water partition coefficient (Wildman–Crippen LogP) is 4.53. The zero-order valence-electron chi connectivity index (χ0n) is 14.8. The first-order valence-corrected chi connectivity index (χ1v) is 9.67. The highest BCUT2D eigenvalue weighted by Gasteiger charge is 2.12. The van der Waals surface area contributed by atoms with Crippen molar-refractivity contribution in [2.24, 2.45) is 0 Å². The van der Waals surface area contributed by atoms with Gasteiger partial charge in [0.05, 0.1) is 17.7 Å². The number of halogens is 1. The van der Waals surface area contributed by atoms with Crippen molar-refractivity contribution in [3.63, 3.8) is 0 Å². The van der Waals surface area contributed by atoms with Crippen LogP contribution >= 0.6 is 22.9 Å². The Morgan fingerprint density at radius 1 is 1.15 bits per heavy atom. The third-order valence-electron chi connectivity index (χ3n) is 3.81. The lowest BCUT2D eigenvalue weighted by atomic mass is 10.2. The minimum Gasteiger partial charge on any atom is -0.492 e. The summed E-state index contributed by atoms with van der Waals surface area (Å²) in [5.41, 5.74) is 3.26. The molecule has 0 spiro atoms. The van der Waals surface area contributed by atoms with E-state index < -0.39 is 0 Å². The molecular formula is C20H19ClN2O3S. The molecule has 0 aliphatic heterocycles. The van der Waals surface area contributed by atoms with E-state index in [-0.39, 0.29) is 5.91 Å². The fourth-order valence-electron chi connectivity index (χ4n) is 2.34. The maximum absolute atomic E-state index is 12.5.